The molecule has 3 heterocycles. The summed E-state index contributed by atoms with van der Waals surface area (Å²) in [5.74, 6) is -0.732. The lowest BCUT2D eigenvalue weighted by molar-refractivity contribution is -0.140. The van der Waals surface area contributed by atoms with Crippen LogP contribution in [0.2, 0.25) is 0 Å². The van der Waals surface area contributed by atoms with Crippen LogP contribution in [0.25, 0.3) is 22.2 Å². The molecule has 5 atom stereocenters. The Kier molecular flexibility index (Phi) is 10.4. The van der Waals surface area contributed by atoms with Gasteiger partial charge in [-0.3, -0.25) is 19.1 Å². The number of amides is 3. The molecule has 57 heavy (non-hydrogen) atoms. The average Bonchev–Trinajstić information content (AvgIpc) is 4.10. The van der Waals surface area contributed by atoms with Gasteiger partial charge in [-0.2, -0.15) is 0 Å². The Balaban J connectivity index is 1.14. The number of allylic oxidation sites excluding steroid dienone is 1. The van der Waals surface area contributed by atoms with Crippen molar-refractivity contribution < 1.29 is 32.3 Å². The number of ether oxygens (including phenoxy) is 2. The van der Waals surface area contributed by atoms with Crippen molar-refractivity contribution in [1.29, 1.82) is 0 Å². The van der Waals surface area contributed by atoms with Crippen LogP contribution in [0.3, 0.4) is 0 Å². The summed E-state index contributed by atoms with van der Waals surface area (Å²) in [5, 5.41) is 7.16. The quantitative estimate of drug-likeness (QED) is 0.170. The molecule has 0 bridgehead atoms. The molecule has 2 saturated carbocycles. The fourth-order valence-corrected chi connectivity index (χ4v) is 9.33. The minimum absolute atomic E-state index is 0.111. The lowest BCUT2D eigenvalue weighted by Crippen LogP contribution is -2.58. The zero-order chi connectivity index (χ0) is 39.8. The molecule has 2 aliphatic carbocycles. The summed E-state index contributed by atoms with van der Waals surface area (Å²) in [5.41, 5.74) is 1.57. The number of pyridine rings is 1. The molecule has 8 rings (SSSR count). The van der Waals surface area contributed by atoms with Crippen LogP contribution in [0.5, 0.6) is 11.5 Å². The molecule has 3 N–H and O–H groups in total. The molecule has 0 spiro atoms. The first-order chi connectivity index (χ1) is 27.5. The van der Waals surface area contributed by atoms with E-state index in [9.17, 15) is 22.8 Å². The topological polar surface area (TPSA) is 156 Å². The third-order valence-corrected chi connectivity index (χ3v) is 14.1. The predicted octanol–water partition coefficient (Wildman–Crippen LogP) is 6.13. The van der Waals surface area contributed by atoms with Crippen molar-refractivity contribution in [3.8, 4) is 22.8 Å². The second kappa shape index (κ2) is 15.5. The number of hydrogen-bond acceptors (Lipinski definition) is 9. The molecule has 3 amide bonds. The summed E-state index contributed by atoms with van der Waals surface area (Å²) >= 11 is 0. The number of carbonyl (C=O) groups excluding carboxylic acids is 3. The van der Waals surface area contributed by atoms with Crippen LogP contribution in [0.1, 0.15) is 64.7 Å². The second-order valence-corrected chi connectivity index (χ2v) is 18.2. The Morgan fingerprint density at radius 2 is 1.72 bits per heavy atom. The van der Waals surface area contributed by atoms with E-state index in [1.54, 1.807) is 18.9 Å². The lowest BCUT2D eigenvalue weighted by Gasteiger charge is -2.30. The number of methoxy groups -OCH3 is 1. The van der Waals surface area contributed by atoms with Gasteiger partial charge in [0.15, 0.2) is 0 Å². The SMILES string of the molecule is COc1ccc2c(O[C@@H]3C[C@H]4C(=O)N[C@]5(C(=O)NS(=O)(=O)C6(C)CC6)C[C@H]5C=CCCCCC[C@H](Nc5ccccc5)C(=O)N4C3)cc(-c3ccccc3)nc2c1. The summed E-state index contributed by atoms with van der Waals surface area (Å²) in [4.78, 5) is 49.9. The van der Waals surface area contributed by atoms with E-state index in [-0.39, 0.29) is 25.3 Å². The fraction of sp³-hybridized carbons (Fsp3) is 0.409. The minimum atomic E-state index is -3.96. The van der Waals surface area contributed by atoms with Gasteiger partial charge in [-0.15, -0.1) is 0 Å². The highest BCUT2D eigenvalue weighted by Crippen LogP contribution is 2.47. The normalized spacial score (nSPS) is 25.9. The number of benzene rings is 3. The van der Waals surface area contributed by atoms with E-state index in [1.165, 1.54) is 0 Å². The van der Waals surface area contributed by atoms with Crippen LogP contribution >= 0.6 is 0 Å². The Morgan fingerprint density at radius 1 is 0.965 bits per heavy atom. The van der Waals surface area contributed by atoms with Crippen LogP contribution in [-0.2, 0) is 24.4 Å². The number of carbonyl (C=O) groups is 3. The van der Waals surface area contributed by atoms with Crippen molar-refractivity contribution in [1.82, 2.24) is 19.9 Å². The zero-order valence-corrected chi connectivity index (χ0v) is 33.1. The summed E-state index contributed by atoms with van der Waals surface area (Å²) in [6, 6.07) is 25.1. The number of aromatic nitrogens is 1. The molecular weight excluding hydrogens is 743 g/mol. The van der Waals surface area contributed by atoms with E-state index < -0.39 is 56.2 Å². The van der Waals surface area contributed by atoms with Gasteiger partial charge < -0.3 is 25.0 Å². The molecule has 3 aromatic carbocycles. The summed E-state index contributed by atoms with van der Waals surface area (Å²) in [6.45, 7) is 1.73. The number of anilines is 1. The van der Waals surface area contributed by atoms with Gasteiger partial charge in [0, 0.05) is 41.1 Å². The molecule has 298 valence electrons. The van der Waals surface area contributed by atoms with Crippen molar-refractivity contribution in [2.45, 2.75) is 93.2 Å². The maximum absolute atomic E-state index is 14.8. The molecular formula is C44H49N5O7S. The highest BCUT2D eigenvalue weighted by molar-refractivity contribution is 7.91. The largest absolute Gasteiger partial charge is 0.497 e. The molecule has 3 fully saturated rings. The van der Waals surface area contributed by atoms with E-state index in [2.05, 4.69) is 15.4 Å². The minimum Gasteiger partial charge on any atom is -0.497 e. The van der Waals surface area contributed by atoms with Crippen LogP contribution in [0.15, 0.2) is 97.1 Å². The van der Waals surface area contributed by atoms with E-state index in [0.29, 0.717) is 42.0 Å². The Labute approximate surface area is 333 Å². The second-order valence-electron chi connectivity index (χ2n) is 16.0. The van der Waals surface area contributed by atoms with Gasteiger partial charge in [-0.25, -0.2) is 13.4 Å². The highest BCUT2D eigenvalue weighted by atomic mass is 32.2. The fourth-order valence-electron chi connectivity index (χ4n) is 8.02. The Hall–Kier alpha value is -5.43. The van der Waals surface area contributed by atoms with Crippen molar-refractivity contribution in [2.75, 3.05) is 19.0 Å². The number of hydrogen-bond donors (Lipinski definition) is 3. The van der Waals surface area contributed by atoms with Crippen LogP contribution in [0.4, 0.5) is 5.69 Å². The molecule has 12 nitrogen and oxygen atoms in total. The molecule has 4 aliphatic rings. The summed E-state index contributed by atoms with van der Waals surface area (Å²) in [7, 11) is -2.37. The third-order valence-electron chi connectivity index (χ3n) is 11.9. The van der Waals surface area contributed by atoms with Crippen molar-refractivity contribution in [3.63, 3.8) is 0 Å². The highest BCUT2D eigenvalue weighted by Gasteiger charge is 2.63. The van der Waals surface area contributed by atoms with Gasteiger partial charge in [0.25, 0.3) is 5.91 Å². The molecule has 2 aliphatic heterocycles. The summed E-state index contributed by atoms with van der Waals surface area (Å²) in [6.07, 6.45) is 8.51. The first kappa shape index (κ1) is 38.4. The van der Waals surface area contributed by atoms with E-state index in [1.807, 2.05) is 97.1 Å². The average molecular weight is 792 g/mol. The van der Waals surface area contributed by atoms with Gasteiger partial charge >= 0.3 is 0 Å². The lowest BCUT2D eigenvalue weighted by atomic mass is 10.0. The summed E-state index contributed by atoms with van der Waals surface area (Å²) < 4.78 is 40.1. The number of para-hydroxylation sites is 1. The van der Waals surface area contributed by atoms with Crippen molar-refractivity contribution in [2.24, 2.45) is 5.92 Å². The van der Waals surface area contributed by atoms with Gasteiger partial charge in [-0.05, 0) is 69.7 Å². The molecule has 4 aromatic rings. The van der Waals surface area contributed by atoms with Crippen molar-refractivity contribution in [3.05, 3.63) is 97.1 Å². The maximum Gasteiger partial charge on any atom is 0.259 e. The molecule has 0 radical (unpaired) electrons. The number of fused-ring (bicyclic) bond motifs is 3. The van der Waals surface area contributed by atoms with E-state index >= 15 is 0 Å². The monoisotopic (exact) mass is 791 g/mol. The van der Waals surface area contributed by atoms with Crippen LogP contribution < -0.4 is 24.8 Å². The van der Waals surface area contributed by atoms with E-state index in [4.69, 9.17) is 14.5 Å². The molecule has 13 heteroatoms. The number of sulfonamides is 1. The number of nitrogens with one attached hydrogen (secondary N) is 3. The Morgan fingerprint density at radius 3 is 2.46 bits per heavy atom. The number of nitrogens with zero attached hydrogens (tertiary/aromatic N) is 2. The first-order valence-electron chi connectivity index (χ1n) is 19.9. The van der Waals surface area contributed by atoms with Crippen molar-refractivity contribution >= 4 is 44.3 Å². The number of rotatable bonds is 9. The third kappa shape index (κ3) is 7.94. The molecule has 1 saturated heterocycles. The molecule has 1 aromatic heterocycles. The standard InChI is InChI=1S/C44H49N5O7S/c1-43(22-23-43)57(53,54)48-42(52)44-27-30(44)16-10-4-3-5-13-19-35(45-31-17-11-7-12-18-31)41(51)49-28-33(25-38(49)40(50)47-44)56-39-26-36(29-14-8-6-9-15-29)46-37-24-32(55-2)20-21-34(37)39/h6-12,14-18,20-21,24,26,30,33,35,38,45H,3-5,13,19,22-23,25,27-28H2,1-2H3,(H,47,50)(H,48,52)/t30-,33-,35+,38+,44-/m1/s1. The van der Waals surface area contributed by atoms with Gasteiger partial charge in [0.05, 0.1) is 29.6 Å². The van der Waals surface area contributed by atoms with Gasteiger partial charge in [0.2, 0.25) is 21.8 Å². The predicted molar refractivity (Wildman–Crippen MR) is 218 cm³/mol. The van der Waals surface area contributed by atoms with E-state index in [0.717, 1.165) is 42.3 Å². The zero-order valence-electron chi connectivity index (χ0n) is 32.3. The maximum atomic E-state index is 14.8. The van der Waals surface area contributed by atoms with Crippen LogP contribution in [0, 0.1) is 5.92 Å². The Bertz CT molecular complexity index is 2300. The smallest absolute Gasteiger partial charge is 0.259 e. The van der Waals surface area contributed by atoms with Gasteiger partial charge in [-0.1, -0.05) is 73.5 Å². The van der Waals surface area contributed by atoms with Gasteiger partial charge in [0.1, 0.15) is 35.2 Å². The first-order valence-corrected chi connectivity index (χ1v) is 21.4. The van der Waals surface area contributed by atoms with Crippen LogP contribution in [-0.4, -0.2) is 78.2 Å². The molecule has 0 unspecified atom stereocenters.